The zero-order valence-electron chi connectivity index (χ0n) is 2.34. The van der Waals surface area contributed by atoms with Crippen LogP contribution in [0.15, 0.2) is 0 Å². The molecule has 0 bridgehead atoms. The molecule has 0 saturated carbocycles. The second-order valence-electron chi connectivity index (χ2n) is 0.0680. The van der Waals surface area contributed by atoms with E-state index in [1.54, 1.807) is 0 Å². The van der Waals surface area contributed by atoms with Gasteiger partial charge in [-0.05, 0) is 0 Å². The van der Waals surface area contributed by atoms with Crippen molar-refractivity contribution < 1.29 is 29.1 Å². The SMILES string of the molecule is [O]=[AlH].[O]=[Mo]=[O]. The van der Waals surface area contributed by atoms with Gasteiger partial charge in [-0.1, -0.05) is 0 Å². The van der Waals surface area contributed by atoms with E-state index in [1.807, 2.05) is 0 Å². The Bertz CT molecular complexity index is 36.2. The summed E-state index contributed by atoms with van der Waals surface area (Å²) in [5.74, 6) is 0. The Hall–Kier alpha value is 0.621. The Morgan fingerprint density at radius 2 is 1.20 bits per heavy atom. The quantitative estimate of drug-likeness (QED) is 0.440. The van der Waals surface area contributed by atoms with E-state index in [2.05, 4.69) is 0 Å². The summed E-state index contributed by atoms with van der Waals surface area (Å²) >= 11 is -1.42. The van der Waals surface area contributed by atoms with E-state index in [0.29, 0.717) is 16.2 Å². The van der Waals surface area contributed by atoms with Crippen LogP contribution in [0.1, 0.15) is 0 Å². The van der Waals surface area contributed by atoms with E-state index in [0.717, 1.165) is 0 Å². The molecule has 0 saturated heterocycles. The second-order valence-corrected chi connectivity index (χ2v) is 0.403. The molecule has 0 fully saturated rings. The molecule has 0 N–H and O–H groups in total. The standard InChI is InChI=1S/Al.Mo.3O.H. The van der Waals surface area contributed by atoms with Crippen LogP contribution in [0.5, 0.6) is 0 Å². The van der Waals surface area contributed by atoms with Gasteiger partial charge in [-0.25, -0.2) is 0 Å². The second kappa shape index (κ2) is 23.1. The number of rotatable bonds is 0. The van der Waals surface area contributed by atoms with Crippen LogP contribution in [0.4, 0.5) is 0 Å². The predicted molar refractivity (Wildman–Crippen MR) is 9.21 cm³/mol. The predicted octanol–water partition coefficient (Wildman–Crippen LogP) is -1.01. The topological polar surface area (TPSA) is 51.2 Å². The fourth-order valence-corrected chi connectivity index (χ4v) is 0. The molecule has 3 nitrogen and oxygen atoms in total. The van der Waals surface area contributed by atoms with Crippen LogP contribution < -0.4 is 0 Å². The molecule has 0 atom stereocenters. The Balaban J connectivity index is 0. The summed E-state index contributed by atoms with van der Waals surface area (Å²) in [4.78, 5) is 0. The van der Waals surface area contributed by atoms with Crippen molar-refractivity contribution in [2.75, 3.05) is 0 Å². The van der Waals surface area contributed by atoms with Gasteiger partial charge in [0.25, 0.3) is 0 Å². The van der Waals surface area contributed by atoms with Crippen LogP contribution in [0.25, 0.3) is 0 Å². The van der Waals surface area contributed by atoms with Crippen molar-refractivity contribution in [1.29, 1.82) is 0 Å². The Kier molecular flexibility index (Phi) is 42.2. The molecule has 0 amide bonds. The van der Waals surface area contributed by atoms with E-state index < -0.39 is 18.5 Å². The van der Waals surface area contributed by atoms with Crippen LogP contribution in [0.3, 0.4) is 0 Å². The molecule has 0 radical (unpaired) electrons. The molecule has 5 heteroatoms. The molecule has 0 aromatic heterocycles. The summed E-state index contributed by atoms with van der Waals surface area (Å²) < 4.78 is 25.3. The third-order valence-corrected chi connectivity index (χ3v) is 0. The van der Waals surface area contributed by atoms with E-state index in [1.165, 1.54) is 0 Å². The van der Waals surface area contributed by atoms with Gasteiger partial charge in [0.05, 0.1) is 0 Å². The molecule has 0 aliphatic heterocycles. The summed E-state index contributed by atoms with van der Waals surface area (Å²) in [7, 11) is 0. The van der Waals surface area contributed by atoms with Crippen molar-refractivity contribution in [3.8, 4) is 0 Å². The summed E-state index contributed by atoms with van der Waals surface area (Å²) in [6.07, 6.45) is 0. The zero-order chi connectivity index (χ0) is 4.71. The Morgan fingerprint density at radius 3 is 1.20 bits per heavy atom. The molecule has 0 aliphatic rings. The van der Waals surface area contributed by atoms with Gasteiger partial charge in [-0.2, -0.15) is 0 Å². The molecule has 0 aromatic carbocycles. The first-order valence-corrected chi connectivity index (χ1v) is 2.84. The van der Waals surface area contributed by atoms with Gasteiger partial charge < -0.3 is 0 Å². The minimum atomic E-state index is -2.03. The summed E-state index contributed by atoms with van der Waals surface area (Å²) in [5.41, 5.74) is 0. The van der Waals surface area contributed by atoms with Crippen LogP contribution >= 0.6 is 0 Å². The monoisotopic (exact) mass is 174 g/mol. The number of hydrogen-bond donors (Lipinski definition) is 0. The molecule has 0 aromatic rings. The van der Waals surface area contributed by atoms with E-state index in [4.69, 9.17) is 10.6 Å². The van der Waals surface area contributed by atoms with Gasteiger partial charge in [-0.3, -0.25) is 0 Å². The first-order valence-electron chi connectivity index (χ1n) is 0.622. The Labute approximate surface area is 45.5 Å². The normalized spacial score (nSPS) is 3.00. The molecule has 0 heterocycles. The van der Waals surface area contributed by atoms with Gasteiger partial charge in [0, 0.05) is 0 Å². The van der Waals surface area contributed by atoms with Crippen molar-refractivity contribution in [2.24, 2.45) is 0 Å². The zero-order valence-corrected chi connectivity index (χ0v) is 5.76. The van der Waals surface area contributed by atoms with Crippen molar-refractivity contribution in [2.45, 2.75) is 0 Å². The fraction of sp³-hybridized carbons (Fsp3) is 0. The van der Waals surface area contributed by atoms with E-state index in [9.17, 15) is 0 Å². The average Bonchev–Trinajstić information content (AvgIpc) is 1.46. The molecule has 0 rings (SSSR count). The van der Waals surface area contributed by atoms with Gasteiger partial charge in [0.2, 0.25) is 0 Å². The van der Waals surface area contributed by atoms with Crippen LogP contribution in [0.2, 0.25) is 0 Å². The fourth-order valence-electron chi connectivity index (χ4n) is 0. The van der Waals surface area contributed by atoms with Gasteiger partial charge in [-0.15, -0.1) is 0 Å². The van der Waals surface area contributed by atoms with Crippen molar-refractivity contribution in [3.05, 3.63) is 0 Å². The van der Waals surface area contributed by atoms with Crippen molar-refractivity contribution in [1.82, 2.24) is 0 Å². The van der Waals surface area contributed by atoms with Crippen LogP contribution in [-0.4, -0.2) is 16.2 Å². The molecule has 5 heavy (non-hydrogen) atoms. The summed E-state index contributed by atoms with van der Waals surface area (Å²) in [5, 5.41) is 0. The third kappa shape index (κ3) is 82.4. The summed E-state index contributed by atoms with van der Waals surface area (Å²) in [6, 6.07) is 0. The molecule has 0 spiro atoms. The van der Waals surface area contributed by atoms with E-state index in [-0.39, 0.29) is 0 Å². The Morgan fingerprint density at radius 1 is 1.20 bits per heavy atom. The molecule has 28 valence electrons. The first-order chi connectivity index (χ1) is 2.41. The minimum absolute atomic E-state index is 0.611. The summed E-state index contributed by atoms with van der Waals surface area (Å²) in [6.45, 7) is 0. The van der Waals surface area contributed by atoms with Crippen molar-refractivity contribution in [3.63, 3.8) is 0 Å². The molecular formula is HAlMoO3. The van der Waals surface area contributed by atoms with Crippen molar-refractivity contribution >= 4 is 16.2 Å². The van der Waals surface area contributed by atoms with Crippen LogP contribution in [0, 0.1) is 0 Å². The number of hydrogen-bond acceptors (Lipinski definition) is 3. The molecular weight excluding hydrogens is 171 g/mol. The molecule has 0 aliphatic carbocycles. The molecule has 0 unspecified atom stereocenters. The third-order valence-electron chi connectivity index (χ3n) is 0. The van der Waals surface area contributed by atoms with E-state index >= 15 is 0 Å². The average molecular weight is 172 g/mol. The van der Waals surface area contributed by atoms with Crippen LogP contribution in [-0.2, 0) is 29.1 Å². The van der Waals surface area contributed by atoms with Gasteiger partial charge >= 0.3 is 45.3 Å². The maximum absolute atomic E-state index is 8.50. The van der Waals surface area contributed by atoms with Gasteiger partial charge in [0.1, 0.15) is 0 Å². The first kappa shape index (κ1) is 9.15. The van der Waals surface area contributed by atoms with Gasteiger partial charge in [0.15, 0.2) is 0 Å². The maximum atomic E-state index is 8.50.